The maximum Gasteiger partial charge on any atom is 0.306 e. The topological polar surface area (TPSA) is 26.3 Å². The van der Waals surface area contributed by atoms with Gasteiger partial charge in [-0.15, -0.1) is 0 Å². The monoisotopic (exact) mass is 298 g/mol. The van der Waals surface area contributed by atoms with Crippen LogP contribution < -0.4 is 0 Å². The van der Waals surface area contributed by atoms with Gasteiger partial charge in [-0.25, -0.2) is 0 Å². The molecule has 0 bridgehead atoms. The van der Waals surface area contributed by atoms with Gasteiger partial charge in [0, 0.05) is 6.42 Å². The Labute approximate surface area is 133 Å². The van der Waals surface area contributed by atoms with Crippen molar-refractivity contribution in [2.45, 2.75) is 117 Å². The van der Waals surface area contributed by atoms with Crippen LogP contribution in [0.4, 0.5) is 0 Å². The first-order valence-electron chi connectivity index (χ1n) is 9.40. The van der Waals surface area contributed by atoms with Gasteiger partial charge in [0.15, 0.2) is 0 Å². The third-order valence-corrected chi connectivity index (χ3v) is 4.03. The summed E-state index contributed by atoms with van der Waals surface area (Å²) in [5.41, 5.74) is 0. The van der Waals surface area contributed by atoms with Crippen LogP contribution in [-0.4, -0.2) is 12.1 Å². The highest BCUT2D eigenvalue weighted by molar-refractivity contribution is 5.69. The van der Waals surface area contributed by atoms with E-state index >= 15 is 0 Å². The molecule has 0 amide bonds. The zero-order chi connectivity index (χ0) is 15.8. The summed E-state index contributed by atoms with van der Waals surface area (Å²) in [6.45, 7) is 6.47. The lowest BCUT2D eigenvalue weighted by molar-refractivity contribution is -0.148. The Morgan fingerprint density at radius 3 is 1.81 bits per heavy atom. The fraction of sp³-hybridized carbons (Fsp3) is 0.947. The van der Waals surface area contributed by atoms with Crippen LogP contribution in [0, 0.1) is 0 Å². The number of rotatable bonds is 15. The first-order chi connectivity index (χ1) is 10.2. The molecule has 0 spiro atoms. The highest BCUT2D eigenvalue weighted by Gasteiger charge is 2.08. The molecule has 0 rings (SSSR count). The second-order valence-electron chi connectivity index (χ2n) is 6.37. The largest absolute Gasteiger partial charge is 0.463 e. The molecule has 21 heavy (non-hydrogen) atoms. The molecule has 0 aromatic carbocycles. The SMILES string of the molecule is CCCCCCCCCCCC(=O)OC(C)CCCCC. The number of ether oxygens (including phenoxy) is 1. The molecule has 1 unspecified atom stereocenters. The first kappa shape index (κ1) is 20.5. The molecule has 0 aliphatic carbocycles. The number of carbonyl (C=O) groups excluding carboxylic acids is 1. The molecule has 1 atom stereocenters. The molecule has 0 aliphatic heterocycles. The summed E-state index contributed by atoms with van der Waals surface area (Å²) >= 11 is 0. The minimum atomic E-state index is 0.00180. The lowest BCUT2D eigenvalue weighted by atomic mass is 10.1. The van der Waals surface area contributed by atoms with Crippen LogP contribution in [0.15, 0.2) is 0 Å². The van der Waals surface area contributed by atoms with Crippen LogP contribution in [0.1, 0.15) is 111 Å². The van der Waals surface area contributed by atoms with Crippen LogP contribution in [0.25, 0.3) is 0 Å². The molecule has 0 heterocycles. The van der Waals surface area contributed by atoms with E-state index in [9.17, 15) is 4.79 Å². The maximum atomic E-state index is 11.7. The summed E-state index contributed by atoms with van der Waals surface area (Å²) in [5.74, 6) is 0.00180. The Hall–Kier alpha value is -0.530. The quantitative estimate of drug-likeness (QED) is 0.257. The molecular weight excluding hydrogens is 260 g/mol. The van der Waals surface area contributed by atoms with E-state index in [0.717, 1.165) is 12.8 Å². The van der Waals surface area contributed by atoms with Crippen molar-refractivity contribution in [2.75, 3.05) is 0 Å². The summed E-state index contributed by atoms with van der Waals surface area (Å²) in [6, 6.07) is 0. The minimum Gasteiger partial charge on any atom is -0.463 e. The predicted molar refractivity (Wildman–Crippen MR) is 91.5 cm³/mol. The molecule has 0 aliphatic rings. The lowest BCUT2D eigenvalue weighted by Gasteiger charge is -2.12. The van der Waals surface area contributed by atoms with Crippen LogP contribution >= 0.6 is 0 Å². The van der Waals surface area contributed by atoms with E-state index in [0.29, 0.717) is 6.42 Å². The van der Waals surface area contributed by atoms with E-state index < -0.39 is 0 Å². The van der Waals surface area contributed by atoms with E-state index in [1.807, 2.05) is 6.92 Å². The van der Waals surface area contributed by atoms with Gasteiger partial charge in [-0.1, -0.05) is 78.1 Å². The Morgan fingerprint density at radius 2 is 1.24 bits per heavy atom. The van der Waals surface area contributed by atoms with Gasteiger partial charge in [0.1, 0.15) is 0 Å². The van der Waals surface area contributed by atoms with Crippen LogP contribution in [0.5, 0.6) is 0 Å². The van der Waals surface area contributed by atoms with Crippen molar-refractivity contribution >= 4 is 5.97 Å². The smallest absolute Gasteiger partial charge is 0.306 e. The van der Waals surface area contributed by atoms with Gasteiger partial charge < -0.3 is 4.74 Å². The highest BCUT2D eigenvalue weighted by Crippen LogP contribution is 2.12. The summed E-state index contributed by atoms with van der Waals surface area (Å²) in [5, 5.41) is 0. The predicted octanol–water partition coefficient (Wildman–Crippen LogP) is 6.42. The zero-order valence-electron chi connectivity index (χ0n) is 14.8. The van der Waals surface area contributed by atoms with Crippen molar-refractivity contribution < 1.29 is 9.53 Å². The molecule has 0 aromatic rings. The number of carbonyl (C=O) groups is 1. The van der Waals surface area contributed by atoms with Crippen LogP contribution in [0.3, 0.4) is 0 Å². The normalized spacial score (nSPS) is 12.3. The Bertz CT molecular complexity index is 226. The lowest BCUT2D eigenvalue weighted by Crippen LogP contribution is -2.14. The standard InChI is InChI=1S/C19H38O2/c1-4-6-8-9-10-11-12-13-15-17-19(20)21-18(3)16-14-7-5-2/h18H,4-17H2,1-3H3. The molecule has 0 saturated heterocycles. The van der Waals surface area contributed by atoms with Crippen molar-refractivity contribution in [1.82, 2.24) is 0 Å². The summed E-state index contributed by atoms with van der Waals surface area (Å²) in [7, 11) is 0. The number of hydrogen-bond donors (Lipinski definition) is 0. The van der Waals surface area contributed by atoms with E-state index in [2.05, 4.69) is 13.8 Å². The number of hydrogen-bond acceptors (Lipinski definition) is 2. The van der Waals surface area contributed by atoms with Gasteiger partial charge in [-0.3, -0.25) is 4.79 Å². The number of unbranched alkanes of at least 4 members (excludes halogenated alkanes) is 10. The van der Waals surface area contributed by atoms with Gasteiger partial charge in [0.2, 0.25) is 0 Å². The van der Waals surface area contributed by atoms with Gasteiger partial charge in [-0.2, -0.15) is 0 Å². The van der Waals surface area contributed by atoms with Crippen molar-refractivity contribution in [1.29, 1.82) is 0 Å². The second kappa shape index (κ2) is 15.9. The van der Waals surface area contributed by atoms with E-state index in [1.54, 1.807) is 0 Å². The van der Waals surface area contributed by atoms with E-state index in [1.165, 1.54) is 70.6 Å². The minimum absolute atomic E-state index is 0.00180. The first-order valence-corrected chi connectivity index (χ1v) is 9.40. The van der Waals surface area contributed by atoms with Crippen LogP contribution in [0.2, 0.25) is 0 Å². The fourth-order valence-electron chi connectivity index (χ4n) is 2.60. The average molecular weight is 299 g/mol. The van der Waals surface area contributed by atoms with Gasteiger partial charge in [0.25, 0.3) is 0 Å². The van der Waals surface area contributed by atoms with E-state index in [4.69, 9.17) is 4.74 Å². The van der Waals surface area contributed by atoms with Crippen molar-refractivity contribution in [3.63, 3.8) is 0 Å². The maximum absolute atomic E-state index is 11.7. The second-order valence-corrected chi connectivity index (χ2v) is 6.37. The van der Waals surface area contributed by atoms with Crippen molar-refractivity contribution in [2.24, 2.45) is 0 Å². The average Bonchev–Trinajstić information content (AvgIpc) is 2.45. The van der Waals surface area contributed by atoms with Gasteiger partial charge in [-0.05, 0) is 26.2 Å². The molecule has 2 heteroatoms. The molecule has 0 fully saturated rings. The molecule has 0 aromatic heterocycles. The summed E-state index contributed by atoms with van der Waals surface area (Å²) < 4.78 is 5.43. The summed E-state index contributed by atoms with van der Waals surface area (Å²) in [4.78, 5) is 11.7. The van der Waals surface area contributed by atoms with E-state index in [-0.39, 0.29) is 12.1 Å². The van der Waals surface area contributed by atoms with Gasteiger partial charge >= 0.3 is 5.97 Å². The molecule has 0 N–H and O–H groups in total. The third kappa shape index (κ3) is 15.7. The molecule has 0 saturated carbocycles. The number of esters is 1. The van der Waals surface area contributed by atoms with Crippen molar-refractivity contribution in [3.05, 3.63) is 0 Å². The highest BCUT2D eigenvalue weighted by atomic mass is 16.5. The molecular formula is C19H38O2. The molecule has 2 nitrogen and oxygen atoms in total. The fourth-order valence-corrected chi connectivity index (χ4v) is 2.60. The third-order valence-electron chi connectivity index (χ3n) is 4.03. The Morgan fingerprint density at radius 1 is 0.762 bits per heavy atom. The van der Waals surface area contributed by atoms with Crippen LogP contribution in [-0.2, 0) is 9.53 Å². The molecule has 0 radical (unpaired) electrons. The van der Waals surface area contributed by atoms with Gasteiger partial charge in [0.05, 0.1) is 6.10 Å². The Balaban J connectivity index is 3.29. The van der Waals surface area contributed by atoms with Crippen molar-refractivity contribution in [3.8, 4) is 0 Å². The summed E-state index contributed by atoms with van der Waals surface area (Å²) in [6.07, 6.45) is 16.9. The zero-order valence-corrected chi connectivity index (χ0v) is 14.8. The Kier molecular flexibility index (Phi) is 15.5. The molecule has 126 valence electrons.